The molecule has 1 rings (SSSR count). The summed E-state index contributed by atoms with van der Waals surface area (Å²) in [6, 6.07) is 0.425. The van der Waals surface area contributed by atoms with Crippen LogP contribution in [0.15, 0.2) is 12.5 Å². The van der Waals surface area contributed by atoms with Crippen molar-refractivity contribution in [2.75, 3.05) is 39.5 Å². The summed E-state index contributed by atoms with van der Waals surface area (Å²) in [4.78, 5) is 40.4. The molecule has 0 bridgehead atoms. The van der Waals surface area contributed by atoms with Crippen LogP contribution in [0, 0.1) is 11.8 Å². The highest BCUT2D eigenvalue weighted by Crippen LogP contribution is 2.14. The van der Waals surface area contributed by atoms with Gasteiger partial charge in [0.2, 0.25) is 11.8 Å². The summed E-state index contributed by atoms with van der Waals surface area (Å²) in [5.74, 6) is 0.0120. The maximum absolute atomic E-state index is 12.5. The van der Waals surface area contributed by atoms with Crippen LogP contribution in [0.25, 0.3) is 0 Å². The number of unbranched alkanes of at least 4 members (excludes halogenated alkanes) is 4. The number of carbonyl (C=O) groups is 3. The predicted octanol–water partition coefficient (Wildman–Crippen LogP) is 4.41. The SMILES string of the molecule is CCC(=O)NCCCCCOCCCCCOCC(=O)C(C)CCC(C)C(=O)NCCCn1cnc(CNC(C)C)c1. The van der Waals surface area contributed by atoms with E-state index in [0.29, 0.717) is 38.5 Å². The van der Waals surface area contributed by atoms with Gasteiger partial charge in [-0.3, -0.25) is 14.4 Å². The number of ether oxygens (including phenoxy) is 2. The fraction of sp³-hybridized carbons (Fsp3) is 0.812. The quantitative estimate of drug-likeness (QED) is 0.129. The first-order chi connectivity index (χ1) is 20.2. The third-order valence-electron chi connectivity index (χ3n) is 7.23. The van der Waals surface area contributed by atoms with Crippen LogP contribution in [-0.2, 0) is 36.9 Å². The molecular weight excluding hydrogens is 534 g/mol. The van der Waals surface area contributed by atoms with E-state index in [1.54, 1.807) is 0 Å². The van der Waals surface area contributed by atoms with Crippen molar-refractivity contribution in [2.24, 2.45) is 11.8 Å². The van der Waals surface area contributed by atoms with Crippen molar-refractivity contribution >= 4 is 17.6 Å². The van der Waals surface area contributed by atoms with Gasteiger partial charge in [-0.05, 0) is 57.8 Å². The van der Waals surface area contributed by atoms with E-state index in [2.05, 4.69) is 39.3 Å². The van der Waals surface area contributed by atoms with Gasteiger partial charge in [-0.1, -0.05) is 34.6 Å². The Morgan fingerprint density at radius 2 is 1.48 bits per heavy atom. The smallest absolute Gasteiger partial charge is 0.222 e. The molecule has 42 heavy (non-hydrogen) atoms. The molecule has 0 spiro atoms. The number of hydrogen-bond donors (Lipinski definition) is 3. The van der Waals surface area contributed by atoms with Gasteiger partial charge >= 0.3 is 0 Å². The van der Waals surface area contributed by atoms with Crippen molar-refractivity contribution in [3.8, 4) is 0 Å². The molecule has 0 fully saturated rings. The van der Waals surface area contributed by atoms with Gasteiger partial charge in [-0.2, -0.15) is 0 Å². The lowest BCUT2D eigenvalue weighted by molar-refractivity contribution is -0.128. The summed E-state index contributed by atoms with van der Waals surface area (Å²) in [5.41, 5.74) is 1.02. The van der Waals surface area contributed by atoms with E-state index in [4.69, 9.17) is 9.47 Å². The molecule has 2 amide bonds. The van der Waals surface area contributed by atoms with Crippen LogP contribution in [-0.4, -0.2) is 72.7 Å². The van der Waals surface area contributed by atoms with Gasteiger partial charge in [0.15, 0.2) is 5.78 Å². The Bertz CT molecular complexity index is 860. The number of Topliss-reactive ketones (excluding diaryl/α,β-unsaturated/α-hetero) is 1. The molecule has 242 valence electrons. The molecule has 1 aromatic heterocycles. The number of aromatic nitrogens is 2. The second kappa shape index (κ2) is 24.2. The van der Waals surface area contributed by atoms with Gasteiger partial charge in [0.25, 0.3) is 0 Å². The Morgan fingerprint density at radius 1 is 0.833 bits per heavy atom. The number of carbonyl (C=O) groups excluding carboxylic acids is 3. The predicted molar refractivity (Wildman–Crippen MR) is 167 cm³/mol. The highest BCUT2D eigenvalue weighted by atomic mass is 16.5. The second-order valence-electron chi connectivity index (χ2n) is 11.6. The van der Waals surface area contributed by atoms with E-state index in [1.807, 2.05) is 33.3 Å². The lowest BCUT2D eigenvalue weighted by Gasteiger charge is -2.15. The molecule has 0 aliphatic heterocycles. The Labute approximate surface area is 254 Å². The normalized spacial score (nSPS) is 12.8. The van der Waals surface area contributed by atoms with E-state index in [1.165, 1.54) is 0 Å². The molecule has 2 atom stereocenters. The van der Waals surface area contributed by atoms with Crippen molar-refractivity contribution in [2.45, 2.75) is 118 Å². The Kier molecular flexibility index (Phi) is 21.7. The van der Waals surface area contributed by atoms with Crippen molar-refractivity contribution in [1.29, 1.82) is 0 Å². The van der Waals surface area contributed by atoms with Crippen LogP contribution in [0.5, 0.6) is 0 Å². The monoisotopic (exact) mass is 593 g/mol. The molecule has 2 unspecified atom stereocenters. The zero-order valence-corrected chi connectivity index (χ0v) is 27.1. The van der Waals surface area contributed by atoms with Crippen molar-refractivity contribution < 1.29 is 23.9 Å². The molecule has 0 aliphatic carbocycles. The van der Waals surface area contributed by atoms with E-state index < -0.39 is 0 Å². The highest BCUT2D eigenvalue weighted by molar-refractivity contribution is 5.82. The number of aryl methyl sites for hydroxylation is 1. The van der Waals surface area contributed by atoms with Gasteiger partial charge < -0.3 is 30.0 Å². The molecule has 0 radical (unpaired) electrons. The van der Waals surface area contributed by atoms with Gasteiger partial charge in [0.05, 0.1) is 12.0 Å². The van der Waals surface area contributed by atoms with Crippen LogP contribution < -0.4 is 16.0 Å². The molecule has 10 heteroatoms. The van der Waals surface area contributed by atoms with Gasteiger partial charge in [-0.25, -0.2) is 4.98 Å². The number of nitrogens with zero attached hydrogens (tertiary/aromatic N) is 2. The van der Waals surface area contributed by atoms with Gasteiger partial charge in [0, 0.05) is 76.5 Å². The molecule has 1 aromatic rings. The summed E-state index contributed by atoms with van der Waals surface area (Å²) >= 11 is 0. The standard InChI is InChI=1S/C32H59N5O5/c1-6-31(39)33-16-9-7-10-19-41-20-11-8-12-21-42-24-30(38)27(4)14-15-28(5)32(40)34-17-13-18-37-23-29(36-25-37)22-35-26(2)3/h23,25-28,35H,6-22,24H2,1-5H3,(H,33,39)(H,34,40). The summed E-state index contributed by atoms with van der Waals surface area (Å²) in [6.07, 6.45) is 12.6. The minimum atomic E-state index is -0.126. The van der Waals surface area contributed by atoms with Crippen LogP contribution in [0.3, 0.4) is 0 Å². The van der Waals surface area contributed by atoms with Crippen LogP contribution in [0.1, 0.15) is 105 Å². The number of hydrogen-bond acceptors (Lipinski definition) is 7. The van der Waals surface area contributed by atoms with Crippen molar-refractivity contribution in [3.05, 3.63) is 18.2 Å². The minimum Gasteiger partial charge on any atom is -0.381 e. The fourth-order valence-electron chi connectivity index (χ4n) is 4.23. The number of nitrogens with one attached hydrogen (secondary N) is 3. The first-order valence-electron chi connectivity index (χ1n) is 16.2. The third-order valence-corrected chi connectivity index (χ3v) is 7.23. The Hall–Kier alpha value is -2.30. The molecule has 10 nitrogen and oxygen atoms in total. The molecule has 0 aliphatic rings. The van der Waals surface area contributed by atoms with Crippen molar-refractivity contribution in [3.63, 3.8) is 0 Å². The minimum absolute atomic E-state index is 0.0414. The number of imidazole rings is 1. The molecule has 0 saturated heterocycles. The summed E-state index contributed by atoms with van der Waals surface area (Å²) in [5, 5.41) is 9.26. The average molecular weight is 594 g/mol. The highest BCUT2D eigenvalue weighted by Gasteiger charge is 2.18. The number of ketones is 1. The Balaban J connectivity index is 1.97. The van der Waals surface area contributed by atoms with Crippen molar-refractivity contribution in [1.82, 2.24) is 25.5 Å². The summed E-state index contributed by atoms with van der Waals surface area (Å²) < 4.78 is 13.3. The van der Waals surface area contributed by atoms with Gasteiger partial charge in [-0.15, -0.1) is 0 Å². The lowest BCUT2D eigenvalue weighted by atomic mass is 9.95. The summed E-state index contributed by atoms with van der Waals surface area (Å²) in [7, 11) is 0. The second-order valence-corrected chi connectivity index (χ2v) is 11.6. The van der Waals surface area contributed by atoms with E-state index in [0.717, 1.165) is 83.5 Å². The first kappa shape index (κ1) is 37.7. The topological polar surface area (TPSA) is 124 Å². The summed E-state index contributed by atoms with van der Waals surface area (Å²) in [6.45, 7) is 15.1. The number of amides is 2. The maximum atomic E-state index is 12.5. The zero-order chi connectivity index (χ0) is 31.0. The molecule has 3 N–H and O–H groups in total. The zero-order valence-electron chi connectivity index (χ0n) is 27.1. The van der Waals surface area contributed by atoms with E-state index in [9.17, 15) is 14.4 Å². The molecule has 1 heterocycles. The van der Waals surface area contributed by atoms with Crippen LogP contribution >= 0.6 is 0 Å². The largest absolute Gasteiger partial charge is 0.381 e. The Morgan fingerprint density at radius 3 is 2.17 bits per heavy atom. The molecule has 0 aromatic carbocycles. The van der Waals surface area contributed by atoms with E-state index in [-0.39, 0.29) is 36.0 Å². The molecular formula is C32H59N5O5. The van der Waals surface area contributed by atoms with Crippen LogP contribution in [0.2, 0.25) is 0 Å². The average Bonchev–Trinajstić information content (AvgIpc) is 3.44. The lowest BCUT2D eigenvalue weighted by Crippen LogP contribution is -2.31. The van der Waals surface area contributed by atoms with Crippen LogP contribution in [0.4, 0.5) is 0 Å². The molecule has 0 saturated carbocycles. The maximum Gasteiger partial charge on any atom is 0.222 e. The number of rotatable bonds is 27. The third kappa shape index (κ3) is 19.8. The first-order valence-corrected chi connectivity index (χ1v) is 16.2. The fourth-order valence-corrected chi connectivity index (χ4v) is 4.23. The van der Waals surface area contributed by atoms with Gasteiger partial charge in [0.1, 0.15) is 6.61 Å². The van der Waals surface area contributed by atoms with E-state index >= 15 is 0 Å².